The van der Waals surface area contributed by atoms with E-state index in [1.54, 1.807) is 0 Å². The third-order valence-electron chi connectivity index (χ3n) is 3.88. The molecule has 0 amide bonds. The summed E-state index contributed by atoms with van der Waals surface area (Å²) in [5.41, 5.74) is 4.78. The highest BCUT2D eigenvalue weighted by atomic mass is 16.5. The molecule has 0 bridgehead atoms. The number of aliphatic hydroxyl groups is 1. The fourth-order valence-electron chi connectivity index (χ4n) is 2.63. The highest BCUT2D eigenvalue weighted by molar-refractivity contribution is 5.37. The van der Waals surface area contributed by atoms with Gasteiger partial charge in [-0.05, 0) is 56.4 Å². The lowest BCUT2D eigenvalue weighted by Gasteiger charge is -2.20. The minimum atomic E-state index is -0.390. The van der Waals surface area contributed by atoms with Gasteiger partial charge in [-0.2, -0.15) is 0 Å². The van der Waals surface area contributed by atoms with E-state index in [0.29, 0.717) is 6.61 Å². The Balaban J connectivity index is 2.24. The Morgan fingerprint density at radius 3 is 2.41 bits per heavy atom. The van der Waals surface area contributed by atoms with Crippen molar-refractivity contribution in [1.82, 2.24) is 0 Å². The summed E-state index contributed by atoms with van der Waals surface area (Å²) in [6.07, 6.45) is 0.842. The molecule has 1 N–H and O–H groups in total. The van der Waals surface area contributed by atoms with Gasteiger partial charge in [-0.25, -0.2) is 0 Å². The normalized spacial score (nSPS) is 26.2. The summed E-state index contributed by atoms with van der Waals surface area (Å²) < 4.78 is 5.54. The van der Waals surface area contributed by atoms with E-state index in [0.717, 1.165) is 12.0 Å². The van der Waals surface area contributed by atoms with Crippen LogP contribution in [-0.2, 0) is 4.74 Å². The maximum atomic E-state index is 10.5. The first-order valence-electron chi connectivity index (χ1n) is 6.36. The zero-order valence-corrected chi connectivity index (χ0v) is 11.2. The van der Waals surface area contributed by atoms with Crippen molar-refractivity contribution in [2.24, 2.45) is 5.92 Å². The van der Waals surface area contributed by atoms with E-state index in [4.69, 9.17) is 4.74 Å². The van der Waals surface area contributed by atoms with Crippen molar-refractivity contribution in [3.63, 3.8) is 0 Å². The van der Waals surface area contributed by atoms with Gasteiger partial charge in [0.1, 0.15) is 0 Å². The van der Waals surface area contributed by atoms with E-state index >= 15 is 0 Å². The zero-order valence-electron chi connectivity index (χ0n) is 11.2. The quantitative estimate of drug-likeness (QED) is 0.852. The number of hydrogen-bond donors (Lipinski definition) is 1. The lowest BCUT2D eigenvalue weighted by atomic mass is 9.89. The maximum absolute atomic E-state index is 10.5. The summed E-state index contributed by atoms with van der Waals surface area (Å²) in [5.74, 6) is 0.241. The first-order valence-corrected chi connectivity index (χ1v) is 6.36. The van der Waals surface area contributed by atoms with Crippen LogP contribution in [0.1, 0.15) is 41.7 Å². The maximum Gasteiger partial charge on any atom is 0.0843 e. The van der Waals surface area contributed by atoms with Gasteiger partial charge in [0.05, 0.1) is 18.8 Å². The van der Waals surface area contributed by atoms with E-state index in [2.05, 4.69) is 39.8 Å². The Kier molecular flexibility index (Phi) is 3.55. The number of ether oxygens (including phenoxy) is 1. The van der Waals surface area contributed by atoms with Gasteiger partial charge < -0.3 is 9.84 Å². The van der Waals surface area contributed by atoms with Gasteiger partial charge in [-0.3, -0.25) is 0 Å². The van der Waals surface area contributed by atoms with E-state index in [1.165, 1.54) is 16.7 Å². The van der Waals surface area contributed by atoms with Crippen LogP contribution in [0.15, 0.2) is 12.1 Å². The molecule has 3 unspecified atom stereocenters. The number of benzene rings is 1. The fourth-order valence-corrected chi connectivity index (χ4v) is 2.63. The van der Waals surface area contributed by atoms with Crippen LogP contribution in [0, 0.1) is 26.7 Å². The molecule has 0 saturated carbocycles. The van der Waals surface area contributed by atoms with Crippen LogP contribution in [0.2, 0.25) is 0 Å². The highest BCUT2D eigenvalue weighted by Gasteiger charge is 2.30. The molecule has 0 aromatic heterocycles. The highest BCUT2D eigenvalue weighted by Crippen LogP contribution is 2.33. The van der Waals surface area contributed by atoms with Gasteiger partial charge in [0.15, 0.2) is 0 Å². The molecule has 2 rings (SSSR count). The SMILES string of the molecule is Cc1cc(C)c(C(O)C2COC(C)C2)cc1C. The molecule has 1 aromatic carbocycles. The Bertz CT molecular complexity index is 412. The Morgan fingerprint density at radius 1 is 1.18 bits per heavy atom. The number of aryl methyl sites for hydroxylation is 3. The number of hydrogen-bond acceptors (Lipinski definition) is 2. The van der Waals surface area contributed by atoms with Gasteiger partial charge in [0.2, 0.25) is 0 Å². The smallest absolute Gasteiger partial charge is 0.0843 e. The van der Waals surface area contributed by atoms with E-state index in [1.807, 2.05) is 0 Å². The van der Waals surface area contributed by atoms with Crippen molar-refractivity contribution >= 4 is 0 Å². The van der Waals surface area contributed by atoms with Crippen molar-refractivity contribution in [3.05, 3.63) is 34.4 Å². The van der Waals surface area contributed by atoms with E-state index in [9.17, 15) is 5.11 Å². The second-order valence-electron chi connectivity index (χ2n) is 5.38. The molecule has 3 atom stereocenters. The molecule has 0 spiro atoms. The standard InChI is InChI=1S/C15H22O2/c1-9-5-11(3)14(6-10(9)2)15(16)13-7-12(4)17-8-13/h5-6,12-13,15-16H,7-8H2,1-4H3. The third kappa shape index (κ3) is 2.53. The number of aliphatic hydroxyl groups excluding tert-OH is 1. The van der Waals surface area contributed by atoms with Gasteiger partial charge in [-0.1, -0.05) is 12.1 Å². The van der Waals surface area contributed by atoms with Gasteiger partial charge in [0, 0.05) is 5.92 Å². The zero-order chi connectivity index (χ0) is 12.6. The van der Waals surface area contributed by atoms with Crippen molar-refractivity contribution in [3.8, 4) is 0 Å². The van der Waals surface area contributed by atoms with Crippen LogP contribution in [0.3, 0.4) is 0 Å². The summed E-state index contributed by atoms with van der Waals surface area (Å²) in [4.78, 5) is 0. The van der Waals surface area contributed by atoms with Crippen molar-refractivity contribution in [1.29, 1.82) is 0 Å². The molecule has 17 heavy (non-hydrogen) atoms. The minimum absolute atomic E-state index is 0.241. The molecular weight excluding hydrogens is 212 g/mol. The molecule has 1 aliphatic rings. The topological polar surface area (TPSA) is 29.5 Å². The molecular formula is C15H22O2. The van der Waals surface area contributed by atoms with Crippen LogP contribution in [0.5, 0.6) is 0 Å². The molecule has 0 aliphatic carbocycles. The van der Waals surface area contributed by atoms with Crippen molar-refractivity contribution < 1.29 is 9.84 Å². The average molecular weight is 234 g/mol. The molecule has 1 aliphatic heterocycles. The monoisotopic (exact) mass is 234 g/mol. The van der Waals surface area contributed by atoms with Crippen molar-refractivity contribution in [2.75, 3.05) is 6.61 Å². The third-order valence-corrected chi connectivity index (χ3v) is 3.88. The summed E-state index contributed by atoms with van der Waals surface area (Å²) in [5, 5.41) is 10.5. The second-order valence-corrected chi connectivity index (χ2v) is 5.38. The fraction of sp³-hybridized carbons (Fsp3) is 0.600. The molecule has 2 heteroatoms. The first-order chi connectivity index (χ1) is 7.99. The van der Waals surface area contributed by atoms with Crippen LogP contribution >= 0.6 is 0 Å². The van der Waals surface area contributed by atoms with Crippen LogP contribution < -0.4 is 0 Å². The Hall–Kier alpha value is -0.860. The summed E-state index contributed by atoms with van der Waals surface area (Å²) in [7, 11) is 0. The lowest BCUT2D eigenvalue weighted by molar-refractivity contribution is 0.0800. The molecule has 0 radical (unpaired) electrons. The molecule has 2 nitrogen and oxygen atoms in total. The molecule has 1 heterocycles. The Labute approximate surface area is 104 Å². The lowest BCUT2D eigenvalue weighted by Crippen LogP contribution is -2.14. The largest absolute Gasteiger partial charge is 0.388 e. The molecule has 1 saturated heterocycles. The predicted molar refractivity (Wildman–Crippen MR) is 69.1 cm³/mol. The van der Waals surface area contributed by atoms with Crippen LogP contribution in [0.4, 0.5) is 0 Å². The second kappa shape index (κ2) is 4.79. The van der Waals surface area contributed by atoms with Crippen LogP contribution in [-0.4, -0.2) is 17.8 Å². The predicted octanol–water partition coefficient (Wildman–Crippen LogP) is 3.07. The summed E-state index contributed by atoms with van der Waals surface area (Å²) >= 11 is 0. The molecule has 1 fully saturated rings. The Morgan fingerprint density at radius 2 is 1.82 bits per heavy atom. The van der Waals surface area contributed by atoms with Gasteiger partial charge in [-0.15, -0.1) is 0 Å². The van der Waals surface area contributed by atoms with Crippen LogP contribution in [0.25, 0.3) is 0 Å². The summed E-state index contributed by atoms with van der Waals surface area (Å²) in [6.45, 7) is 9.02. The molecule has 1 aromatic rings. The van der Waals surface area contributed by atoms with Gasteiger partial charge >= 0.3 is 0 Å². The minimum Gasteiger partial charge on any atom is -0.388 e. The van der Waals surface area contributed by atoms with E-state index in [-0.39, 0.29) is 18.1 Å². The van der Waals surface area contributed by atoms with Crippen molar-refractivity contribution in [2.45, 2.75) is 46.3 Å². The molecule has 94 valence electrons. The first kappa shape index (κ1) is 12.6. The number of rotatable bonds is 2. The average Bonchev–Trinajstić information content (AvgIpc) is 2.69. The summed E-state index contributed by atoms with van der Waals surface area (Å²) in [6, 6.07) is 4.28. The van der Waals surface area contributed by atoms with Gasteiger partial charge in [0.25, 0.3) is 0 Å². The van der Waals surface area contributed by atoms with E-state index < -0.39 is 0 Å².